The number of benzene rings is 1. The molecule has 0 aliphatic heterocycles. The lowest BCUT2D eigenvalue weighted by molar-refractivity contribution is -0.142. The summed E-state index contributed by atoms with van der Waals surface area (Å²) in [6.45, 7) is 5.62. The Morgan fingerprint density at radius 2 is 1.56 bits per heavy atom. The molecule has 3 atom stereocenters. The number of carbonyl (C=O) groups is 3. The molecule has 8 heteroatoms. The van der Waals surface area contributed by atoms with E-state index in [-0.39, 0.29) is 30.5 Å². The van der Waals surface area contributed by atoms with Gasteiger partial charge >= 0.3 is 5.97 Å². The van der Waals surface area contributed by atoms with E-state index in [9.17, 15) is 24.6 Å². The smallest absolute Gasteiger partial charge is 0.326 e. The van der Waals surface area contributed by atoms with Crippen LogP contribution in [0, 0.1) is 11.8 Å². The lowest BCUT2D eigenvalue weighted by Gasteiger charge is -2.24. The van der Waals surface area contributed by atoms with Gasteiger partial charge in [0.1, 0.15) is 17.8 Å². The van der Waals surface area contributed by atoms with Gasteiger partial charge in [-0.05, 0) is 30.0 Å². The number of amides is 2. The van der Waals surface area contributed by atoms with Crippen molar-refractivity contribution in [1.82, 2.24) is 10.6 Å². The van der Waals surface area contributed by atoms with Crippen LogP contribution in [-0.2, 0) is 20.8 Å². The number of hydrogen-bond donors (Lipinski definition) is 5. The highest BCUT2D eigenvalue weighted by atomic mass is 16.4. The fourth-order valence-electron chi connectivity index (χ4n) is 2.46. The minimum Gasteiger partial charge on any atom is -0.508 e. The summed E-state index contributed by atoms with van der Waals surface area (Å²) in [6, 6.07) is 4.09. The number of nitrogens with one attached hydrogen (secondary N) is 2. The lowest BCUT2D eigenvalue weighted by atomic mass is 10.0. The Morgan fingerprint density at radius 3 is 2.04 bits per heavy atom. The molecule has 0 heterocycles. The third-order valence-corrected chi connectivity index (χ3v) is 4.13. The number of phenols is 1. The first-order chi connectivity index (χ1) is 12.6. The van der Waals surface area contributed by atoms with Crippen LogP contribution in [0.4, 0.5) is 0 Å². The Bertz CT molecular complexity index is 645. The van der Waals surface area contributed by atoms with Crippen LogP contribution in [0.15, 0.2) is 24.3 Å². The molecule has 0 aliphatic rings. The fraction of sp³-hybridized carbons (Fsp3) is 0.526. The van der Waals surface area contributed by atoms with Crippen LogP contribution < -0.4 is 16.4 Å². The summed E-state index contributed by atoms with van der Waals surface area (Å²) < 4.78 is 0. The molecule has 0 aromatic heterocycles. The lowest BCUT2D eigenvalue weighted by Crippen LogP contribution is -2.53. The second kappa shape index (κ2) is 10.5. The zero-order valence-electron chi connectivity index (χ0n) is 15.9. The van der Waals surface area contributed by atoms with Crippen molar-refractivity contribution >= 4 is 17.8 Å². The van der Waals surface area contributed by atoms with Gasteiger partial charge in [0.15, 0.2) is 0 Å². The molecular formula is C19H29N3O5. The van der Waals surface area contributed by atoms with Crippen molar-refractivity contribution < 1.29 is 24.6 Å². The minimum atomic E-state index is -1.18. The van der Waals surface area contributed by atoms with Crippen molar-refractivity contribution in [3.05, 3.63) is 29.8 Å². The molecule has 0 radical (unpaired) electrons. The highest BCUT2D eigenvalue weighted by molar-refractivity contribution is 5.91. The zero-order chi connectivity index (χ0) is 20.6. The van der Waals surface area contributed by atoms with E-state index >= 15 is 0 Å². The molecule has 0 aliphatic carbocycles. The fourth-order valence-corrected chi connectivity index (χ4v) is 2.46. The second-order valence-corrected chi connectivity index (χ2v) is 7.10. The molecule has 0 saturated carbocycles. The molecule has 150 valence electrons. The van der Waals surface area contributed by atoms with E-state index in [0.29, 0.717) is 12.0 Å². The molecule has 8 nitrogen and oxygen atoms in total. The van der Waals surface area contributed by atoms with Gasteiger partial charge in [-0.2, -0.15) is 0 Å². The zero-order valence-corrected chi connectivity index (χ0v) is 15.9. The molecule has 27 heavy (non-hydrogen) atoms. The molecule has 0 bridgehead atoms. The number of aliphatic carboxylic acids is 1. The Balaban J connectivity index is 2.85. The summed E-state index contributed by atoms with van der Waals surface area (Å²) in [5.41, 5.74) is 6.14. The Labute approximate surface area is 159 Å². The molecule has 2 amide bonds. The number of nitrogens with two attached hydrogens (primary N) is 1. The summed E-state index contributed by atoms with van der Waals surface area (Å²) in [6.07, 6.45) is 0.434. The summed E-state index contributed by atoms with van der Waals surface area (Å²) in [5.74, 6) is -2.32. The molecule has 1 rings (SSSR count). The van der Waals surface area contributed by atoms with E-state index in [0.717, 1.165) is 0 Å². The predicted octanol–water partition coefficient (Wildman–Crippen LogP) is 0.630. The van der Waals surface area contributed by atoms with Crippen LogP contribution >= 0.6 is 0 Å². The van der Waals surface area contributed by atoms with Gasteiger partial charge in [0.05, 0.1) is 0 Å². The number of carboxylic acid groups (broad SMARTS) is 1. The normalized spacial score (nSPS) is 14.3. The van der Waals surface area contributed by atoms with E-state index in [4.69, 9.17) is 5.73 Å². The first kappa shape index (κ1) is 22.4. The number of phenolic OH excluding ortho intramolecular Hbond substituents is 1. The highest BCUT2D eigenvalue weighted by Gasteiger charge is 2.28. The maximum absolute atomic E-state index is 12.6. The van der Waals surface area contributed by atoms with Crippen molar-refractivity contribution in [3.8, 4) is 5.75 Å². The largest absolute Gasteiger partial charge is 0.508 e. The molecule has 3 unspecified atom stereocenters. The minimum absolute atomic E-state index is 0.0584. The maximum atomic E-state index is 12.6. The number of carboxylic acids is 1. The van der Waals surface area contributed by atoms with Gasteiger partial charge in [0.2, 0.25) is 11.8 Å². The monoisotopic (exact) mass is 379 g/mol. The first-order valence-electron chi connectivity index (χ1n) is 8.95. The first-order valence-corrected chi connectivity index (χ1v) is 8.95. The summed E-state index contributed by atoms with van der Waals surface area (Å²) in [5, 5.41) is 23.9. The van der Waals surface area contributed by atoms with E-state index in [1.807, 2.05) is 13.8 Å². The van der Waals surface area contributed by atoms with Crippen molar-refractivity contribution in [3.63, 3.8) is 0 Å². The van der Waals surface area contributed by atoms with Crippen LogP contribution in [0.1, 0.15) is 32.8 Å². The van der Waals surface area contributed by atoms with Crippen LogP contribution in [0.2, 0.25) is 0 Å². The molecule has 0 saturated heterocycles. The number of hydrogen-bond acceptors (Lipinski definition) is 5. The van der Waals surface area contributed by atoms with E-state index in [2.05, 4.69) is 10.6 Å². The van der Waals surface area contributed by atoms with Gasteiger partial charge in [0, 0.05) is 18.9 Å². The van der Waals surface area contributed by atoms with Gasteiger partial charge in [-0.3, -0.25) is 9.59 Å². The molecule has 1 aromatic rings. The highest BCUT2D eigenvalue weighted by Crippen LogP contribution is 2.12. The summed E-state index contributed by atoms with van der Waals surface area (Å²) >= 11 is 0. The number of aromatic hydroxyl groups is 1. The summed E-state index contributed by atoms with van der Waals surface area (Å²) in [7, 11) is 0. The van der Waals surface area contributed by atoms with Gasteiger partial charge in [-0.15, -0.1) is 0 Å². The van der Waals surface area contributed by atoms with E-state index < -0.39 is 29.9 Å². The topological polar surface area (TPSA) is 142 Å². The maximum Gasteiger partial charge on any atom is 0.326 e. The Kier molecular flexibility index (Phi) is 8.74. The van der Waals surface area contributed by atoms with Crippen LogP contribution in [0.5, 0.6) is 5.75 Å². The van der Waals surface area contributed by atoms with Crippen LogP contribution in [0.25, 0.3) is 0 Å². The molecule has 1 aromatic carbocycles. The van der Waals surface area contributed by atoms with E-state index in [1.165, 1.54) is 12.1 Å². The Morgan fingerprint density at radius 1 is 1.00 bits per heavy atom. The van der Waals surface area contributed by atoms with Gasteiger partial charge in [-0.25, -0.2) is 4.79 Å². The molecule has 0 spiro atoms. The van der Waals surface area contributed by atoms with Gasteiger partial charge < -0.3 is 26.6 Å². The third kappa shape index (κ3) is 7.65. The quantitative estimate of drug-likeness (QED) is 0.404. The standard InChI is InChI=1S/C19H29N3O5/c1-11(2)8-15(21-17(24)12(3)10-20)18(25)22-16(19(26)27)9-13-4-6-14(23)7-5-13/h4-7,11-12,15-16,23H,8-10,20H2,1-3H3,(H,21,24)(H,22,25)(H,26,27). The van der Waals surface area contributed by atoms with Crippen molar-refractivity contribution in [1.29, 1.82) is 0 Å². The number of carbonyl (C=O) groups excluding carboxylic acids is 2. The van der Waals surface area contributed by atoms with Crippen molar-refractivity contribution in [2.45, 2.75) is 45.7 Å². The van der Waals surface area contributed by atoms with Crippen molar-refractivity contribution in [2.24, 2.45) is 17.6 Å². The average Bonchev–Trinajstić information content (AvgIpc) is 2.60. The van der Waals surface area contributed by atoms with Gasteiger partial charge in [0.25, 0.3) is 0 Å². The molecule has 0 fully saturated rings. The van der Waals surface area contributed by atoms with Crippen LogP contribution in [0.3, 0.4) is 0 Å². The van der Waals surface area contributed by atoms with Crippen LogP contribution in [-0.4, -0.2) is 46.6 Å². The number of rotatable bonds is 10. The van der Waals surface area contributed by atoms with E-state index in [1.54, 1.807) is 19.1 Å². The third-order valence-electron chi connectivity index (χ3n) is 4.13. The Hall–Kier alpha value is -2.61. The molecular weight excluding hydrogens is 350 g/mol. The van der Waals surface area contributed by atoms with Crippen molar-refractivity contribution in [2.75, 3.05) is 6.54 Å². The predicted molar refractivity (Wildman–Crippen MR) is 101 cm³/mol. The SMILES string of the molecule is CC(C)CC(NC(=O)C(C)CN)C(=O)NC(Cc1ccc(O)cc1)C(=O)O. The molecule has 6 N–H and O–H groups in total. The summed E-state index contributed by atoms with van der Waals surface area (Å²) in [4.78, 5) is 36.3. The van der Waals surface area contributed by atoms with Gasteiger partial charge in [-0.1, -0.05) is 32.9 Å². The second-order valence-electron chi connectivity index (χ2n) is 7.10. The average molecular weight is 379 g/mol.